The van der Waals surface area contributed by atoms with Crippen molar-refractivity contribution in [3.63, 3.8) is 0 Å². The van der Waals surface area contributed by atoms with Crippen molar-refractivity contribution in [2.75, 3.05) is 10.6 Å². The topological polar surface area (TPSA) is 58.2 Å². The second-order valence-corrected chi connectivity index (χ2v) is 8.50. The van der Waals surface area contributed by atoms with Gasteiger partial charge in [0.25, 0.3) is 5.91 Å². The van der Waals surface area contributed by atoms with E-state index in [-0.39, 0.29) is 37.6 Å². The van der Waals surface area contributed by atoms with Gasteiger partial charge in [0, 0.05) is 21.4 Å². The molecule has 0 aromatic heterocycles. The summed E-state index contributed by atoms with van der Waals surface area (Å²) in [6, 6.07) is 12.5. The molecule has 0 saturated heterocycles. The maximum atomic E-state index is 13.7. The van der Waals surface area contributed by atoms with Gasteiger partial charge in [-0.05, 0) is 72.6 Å². The van der Waals surface area contributed by atoms with Crippen molar-refractivity contribution in [1.82, 2.24) is 0 Å². The zero-order valence-corrected chi connectivity index (χ0v) is 19.3. The molecule has 2 amide bonds. The average molecular weight is 534 g/mol. The predicted molar refractivity (Wildman–Crippen MR) is 124 cm³/mol. The Morgan fingerprint density at radius 1 is 0.824 bits per heavy atom. The summed E-state index contributed by atoms with van der Waals surface area (Å²) in [5.74, 6) is -4.95. The van der Waals surface area contributed by atoms with Gasteiger partial charge in [0.15, 0.2) is 0 Å². The summed E-state index contributed by atoms with van der Waals surface area (Å²) in [7, 11) is 0. The Kier molecular flexibility index (Phi) is 8.07. The third-order valence-electron chi connectivity index (χ3n) is 4.65. The molecular weight excluding hydrogens is 519 g/mol. The minimum atomic E-state index is -4.87. The Morgan fingerprint density at radius 2 is 1.41 bits per heavy atom. The lowest BCUT2D eigenvalue weighted by molar-refractivity contribution is -0.179. The van der Waals surface area contributed by atoms with Crippen LogP contribution < -0.4 is 10.6 Å². The number of rotatable bonds is 6. The lowest BCUT2D eigenvalue weighted by Gasteiger charge is -2.20. The van der Waals surface area contributed by atoms with Crippen molar-refractivity contribution in [3.05, 3.63) is 92.7 Å². The first-order chi connectivity index (χ1) is 15.9. The van der Waals surface area contributed by atoms with Gasteiger partial charge in [0.2, 0.25) is 5.91 Å². The summed E-state index contributed by atoms with van der Waals surface area (Å²) in [6.07, 6.45) is -5.56. The van der Waals surface area contributed by atoms with Gasteiger partial charge in [-0.25, -0.2) is 4.39 Å². The minimum absolute atomic E-state index is 0.00134. The lowest BCUT2D eigenvalue weighted by atomic mass is 9.97. The molecule has 3 aromatic rings. The summed E-state index contributed by atoms with van der Waals surface area (Å²) >= 11 is 17.8. The number of hydrogen-bond donors (Lipinski definition) is 2. The number of carbonyl (C=O) groups excluding carboxylic acids is 2. The quantitative estimate of drug-likeness (QED) is 0.324. The van der Waals surface area contributed by atoms with Gasteiger partial charge in [-0.2, -0.15) is 13.2 Å². The first kappa shape index (κ1) is 25.8. The van der Waals surface area contributed by atoms with Gasteiger partial charge in [-0.1, -0.05) is 34.8 Å². The van der Waals surface area contributed by atoms with Crippen molar-refractivity contribution >= 4 is 58.0 Å². The summed E-state index contributed by atoms with van der Waals surface area (Å²) in [5, 5.41) is 4.94. The number of anilines is 2. The van der Waals surface area contributed by atoms with Crippen LogP contribution in [0.5, 0.6) is 0 Å². The molecular formula is C23H15Cl3F4N2O2. The molecule has 0 heterocycles. The standard InChI is InChI=1S/C23H15Cl3F4N2O2/c24-13-7-12(8-14(25)10-13)9-19(23(28,29)30)22(34)32-17-5-6-20(26)18(11-17)21(33)31-16-3-1-15(27)2-4-16/h1-8,10-11,19H,9H2,(H,31,33)(H,32,34). The first-order valence-corrected chi connectivity index (χ1v) is 10.7. The maximum absolute atomic E-state index is 13.7. The molecule has 11 heteroatoms. The van der Waals surface area contributed by atoms with E-state index in [9.17, 15) is 27.2 Å². The Bertz CT molecular complexity index is 1200. The highest BCUT2D eigenvalue weighted by Gasteiger charge is 2.44. The zero-order valence-electron chi connectivity index (χ0n) is 17.0. The molecule has 1 atom stereocenters. The molecule has 0 fully saturated rings. The van der Waals surface area contributed by atoms with E-state index in [2.05, 4.69) is 10.6 Å². The predicted octanol–water partition coefficient (Wildman–Crippen LogP) is 7.40. The molecule has 0 aliphatic rings. The number of nitrogens with one attached hydrogen (secondary N) is 2. The molecule has 0 aliphatic carbocycles. The molecule has 3 rings (SSSR count). The average Bonchev–Trinajstić information content (AvgIpc) is 2.73. The van der Waals surface area contributed by atoms with Gasteiger partial charge < -0.3 is 10.6 Å². The van der Waals surface area contributed by atoms with E-state index < -0.39 is 36.1 Å². The van der Waals surface area contributed by atoms with Crippen molar-refractivity contribution in [2.24, 2.45) is 5.92 Å². The lowest BCUT2D eigenvalue weighted by Crippen LogP contribution is -2.36. The molecule has 0 spiro atoms. The van der Waals surface area contributed by atoms with Gasteiger partial charge in [-0.3, -0.25) is 9.59 Å². The van der Waals surface area contributed by atoms with Crippen molar-refractivity contribution in [2.45, 2.75) is 12.6 Å². The molecule has 0 saturated carbocycles. The Balaban J connectivity index is 1.80. The van der Waals surface area contributed by atoms with Gasteiger partial charge in [-0.15, -0.1) is 0 Å². The summed E-state index contributed by atoms with van der Waals surface area (Å²) in [4.78, 5) is 25.1. The fourth-order valence-electron chi connectivity index (χ4n) is 3.06. The van der Waals surface area contributed by atoms with E-state index in [1.807, 2.05) is 0 Å². The fourth-order valence-corrected chi connectivity index (χ4v) is 3.83. The third-order valence-corrected chi connectivity index (χ3v) is 5.42. The molecule has 0 bridgehead atoms. The SMILES string of the molecule is O=C(Nc1ccc(F)cc1)c1cc(NC(=O)C(Cc2cc(Cl)cc(Cl)c2)C(F)(F)F)ccc1Cl. The van der Waals surface area contributed by atoms with E-state index >= 15 is 0 Å². The van der Waals surface area contributed by atoms with E-state index in [1.54, 1.807) is 0 Å². The molecule has 0 radical (unpaired) electrons. The van der Waals surface area contributed by atoms with Crippen molar-refractivity contribution in [1.29, 1.82) is 0 Å². The summed E-state index contributed by atoms with van der Waals surface area (Å²) in [5.41, 5.74) is 0.227. The fraction of sp³-hybridized carbons (Fsp3) is 0.130. The molecule has 2 N–H and O–H groups in total. The van der Waals surface area contributed by atoms with Crippen LogP contribution in [0.2, 0.25) is 15.1 Å². The zero-order chi connectivity index (χ0) is 25.0. The number of carbonyl (C=O) groups is 2. The van der Waals surface area contributed by atoms with Crippen LogP contribution in [-0.4, -0.2) is 18.0 Å². The maximum Gasteiger partial charge on any atom is 0.400 e. The molecule has 3 aromatic carbocycles. The molecule has 34 heavy (non-hydrogen) atoms. The van der Waals surface area contributed by atoms with Gasteiger partial charge >= 0.3 is 6.18 Å². The van der Waals surface area contributed by atoms with Crippen LogP contribution in [0.15, 0.2) is 60.7 Å². The Labute approximate surface area is 206 Å². The van der Waals surface area contributed by atoms with Crippen LogP contribution in [0, 0.1) is 11.7 Å². The number of hydrogen-bond acceptors (Lipinski definition) is 2. The van der Waals surface area contributed by atoms with E-state index in [4.69, 9.17) is 34.8 Å². The van der Waals surface area contributed by atoms with E-state index in [0.717, 1.165) is 18.2 Å². The highest BCUT2D eigenvalue weighted by molar-refractivity contribution is 6.35. The number of halogens is 7. The second-order valence-electron chi connectivity index (χ2n) is 7.22. The minimum Gasteiger partial charge on any atom is -0.326 e. The Hall–Kier alpha value is -2.81. The van der Waals surface area contributed by atoms with E-state index in [1.165, 1.54) is 42.5 Å². The molecule has 0 aliphatic heterocycles. The largest absolute Gasteiger partial charge is 0.400 e. The molecule has 178 valence electrons. The van der Waals surface area contributed by atoms with Gasteiger partial charge in [0.1, 0.15) is 11.7 Å². The molecule has 1 unspecified atom stereocenters. The smallest absolute Gasteiger partial charge is 0.326 e. The summed E-state index contributed by atoms with van der Waals surface area (Å²) in [6.45, 7) is 0. The highest BCUT2D eigenvalue weighted by atomic mass is 35.5. The summed E-state index contributed by atoms with van der Waals surface area (Å²) < 4.78 is 54.0. The number of alkyl halides is 3. The molecule has 4 nitrogen and oxygen atoms in total. The van der Waals surface area contributed by atoms with Crippen LogP contribution in [0.3, 0.4) is 0 Å². The van der Waals surface area contributed by atoms with Crippen molar-refractivity contribution in [3.8, 4) is 0 Å². The van der Waals surface area contributed by atoms with Crippen LogP contribution in [0.4, 0.5) is 28.9 Å². The van der Waals surface area contributed by atoms with Crippen molar-refractivity contribution < 1.29 is 27.2 Å². The first-order valence-electron chi connectivity index (χ1n) is 9.61. The van der Waals surface area contributed by atoms with Crippen LogP contribution in [-0.2, 0) is 11.2 Å². The highest BCUT2D eigenvalue weighted by Crippen LogP contribution is 2.32. The van der Waals surface area contributed by atoms with Crippen LogP contribution in [0.25, 0.3) is 0 Å². The monoisotopic (exact) mass is 532 g/mol. The Morgan fingerprint density at radius 3 is 2.00 bits per heavy atom. The normalized spacial score (nSPS) is 12.2. The van der Waals surface area contributed by atoms with Gasteiger partial charge in [0.05, 0.1) is 10.6 Å². The van der Waals surface area contributed by atoms with Crippen LogP contribution in [0.1, 0.15) is 15.9 Å². The van der Waals surface area contributed by atoms with E-state index in [0.29, 0.717) is 0 Å². The third kappa shape index (κ3) is 6.85. The number of benzene rings is 3. The second kappa shape index (κ2) is 10.6. The number of amides is 2. The van der Waals surface area contributed by atoms with Crippen LogP contribution >= 0.6 is 34.8 Å².